The Morgan fingerprint density at radius 2 is 1.85 bits per heavy atom. The summed E-state index contributed by atoms with van der Waals surface area (Å²) in [5.74, 6) is -0.555. The quantitative estimate of drug-likeness (QED) is 0.639. The Morgan fingerprint density at radius 3 is 2.44 bits per heavy atom. The number of hydrogen-bond acceptors (Lipinski definition) is 6. The van der Waals surface area contributed by atoms with E-state index in [1.165, 1.54) is 12.0 Å². The van der Waals surface area contributed by atoms with E-state index in [9.17, 15) is 14.4 Å². The maximum absolute atomic E-state index is 12.5. The van der Waals surface area contributed by atoms with E-state index in [1.807, 2.05) is 30.3 Å². The Hall–Kier alpha value is -2.77. The van der Waals surface area contributed by atoms with Gasteiger partial charge in [0.2, 0.25) is 0 Å². The number of carbonyl (C=O) groups is 3. The fraction of sp³-hybridized carbons (Fsp3) is 0.526. The number of nitrogens with zero attached hydrogens (tertiary/aromatic N) is 1. The van der Waals surface area contributed by atoms with E-state index in [4.69, 9.17) is 14.2 Å². The molecule has 0 saturated carbocycles. The van der Waals surface area contributed by atoms with Crippen LogP contribution in [0, 0.1) is 0 Å². The maximum Gasteiger partial charge on any atom is 0.410 e. The highest BCUT2D eigenvalue weighted by atomic mass is 16.6. The lowest BCUT2D eigenvalue weighted by molar-refractivity contribution is -0.145. The van der Waals surface area contributed by atoms with Gasteiger partial charge in [-0.25, -0.2) is 14.4 Å². The summed E-state index contributed by atoms with van der Waals surface area (Å²) in [4.78, 5) is 37.7. The number of carbonyl (C=O) groups excluding carboxylic acids is 3. The Labute approximate surface area is 158 Å². The second-order valence-electron chi connectivity index (χ2n) is 7.31. The Morgan fingerprint density at radius 1 is 1.19 bits per heavy atom. The highest BCUT2D eigenvalue weighted by Crippen LogP contribution is 2.21. The van der Waals surface area contributed by atoms with Crippen LogP contribution in [-0.4, -0.2) is 54.4 Å². The molecule has 0 aromatic heterocycles. The molecule has 0 spiro atoms. The number of hydrogen-bond donors (Lipinski definition) is 1. The lowest BCUT2D eigenvalue weighted by Crippen LogP contribution is -2.42. The van der Waals surface area contributed by atoms with Crippen molar-refractivity contribution in [2.45, 2.75) is 51.5 Å². The lowest BCUT2D eigenvalue weighted by Gasteiger charge is -2.22. The number of methoxy groups -OCH3 is 1. The van der Waals surface area contributed by atoms with Crippen molar-refractivity contribution >= 4 is 18.2 Å². The van der Waals surface area contributed by atoms with Crippen molar-refractivity contribution in [2.24, 2.45) is 0 Å². The molecular formula is C19H26N2O6. The number of nitrogens with one attached hydrogen (secondary N) is 1. The lowest BCUT2D eigenvalue weighted by atomic mass is 10.2. The molecule has 1 N–H and O–H groups in total. The normalized spacial score (nSPS) is 19.3. The molecule has 1 aromatic rings. The van der Waals surface area contributed by atoms with Gasteiger partial charge in [-0.1, -0.05) is 30.3 Å². The van der Waals surface area contributed by atoms with E-state index in [0.29, 0.717) is 0 Å². The smallest absolute Gasteiger partial charge is 0.410 e. The van der Waals surface area contributed by atoms with Crippen LogP contribution in [0.3, 0.4) is 0 Å². The molecule has 1 aromatic carbocycles. The molecule has 0 bridgehead atoms. The van der Waals surface area contributed by atoms with Crippen molar-refractivity contribution in [3.8, 4) is 0 Å². The monoisotopic (exact) mass is 378 g/mol. The minimum atomic E-state index is -0.821. The third kappa shape index (κ3) is 6.16. The van der Waals surface area contributed by atoms with Crippen molar-refractivity contribution in [3.63, 3.8) is 0 Å². The molecule has 0 radical (unpaired) electrons. The topological polar surface area (TPSA) is 94.2 Å². The van der Waals surface area contributed by atoms with Crippen molar-refractivity contribution in [2.75, 3.05) is 13.7 Å². The Bertz CT molecular complexity index is 671. The summed E-state index contributed by atoms with van der Waals surface area (Å²) in [5.41, 5.74) is 0.196. The minimum Gasteiger partial charge on any atom is -0.467 e. The standard InChI is InChI=1S/C19H26N2O6/c1-19(2,3)27-17(23)20-14-10-15(16(22)25-4)21(11-14)18(24)26-12-13-8-6-5-7-9-13/h5-9,14-15H,10-12H2,1-4H3,(H,20,23). The molecule has 148 valence electrons. The molecule has 2 rings (SSSR count). The molecule has 2 unspecified atom stereocenters. The van der Waals surface area contributed by atoms with Crippen LogP contribution in [0.4, 0.5) is 9.59 Å². The molecule has 2 amide bonds. The first-order valence-corrected chi connectivity index (χ1v) is 8.74. The van der Waals surface area contributed by atoms with Crippen molar-refractivity contribution in [3.05, 3.63) is 35.9 Å². The number of alkyl carbamates (subject to hydrolysis) is 1. The predicted molar refractivity (Wildman–Crippen MR) is 96.9 cm³/mol. The van der Waals surface area contributed by atoms with Crippen LogP contribution in [0.15, 0.2) is 30.3 Å². The second-order valence-corrected chi connectivity index (χ2v) is 7.31. The van der Waals surface area contributed by atoms with Gasteiger partial charge in [0.25, 0.3) is 0 Å². The average molecular weight is 378 g/mol. The molecule has 1 saturated heterocycles. The highest BCUT2D eigenvalue weighted by molar-refractivity contribution is 5.82. The van der Waals surface area contributed by atoms with Gasteiger partial charge < -0.3 is 19.5 Å². The van der Waals surface area contributed by atoms with Gasteiger partial charge in [-0.2, -0.15) is 0 Å². The Kier molecular flexibility index (Phi) is 6.65. The van der Waals surface area contributed by atoms with Crippen LogP contribution in [0.25, 0.3) is 0 Å². The zero-order valence-electron chi connectivity index (χ0n) is 16.1. The zero-order valence-corrected chi connectivity index (χ0v) is 16.1. The summed E-state index contributed by atoms with van der Waals surface area (Å²) >= 11 is 0. The van der Waals surface area contributed by atoms with Crippen molar-refractivity contribution in [1.29, 1.82) is 0 Å². The molecule has 1 aliphatic heterocycles. The third-order valence-corrected chi connectivity index (χ3v) is 3.93. The van der Waals surface area contributed by atoms with Gasteiger partial charge in [-0.05, 0) is 26.3 Å². The van der Waals surface area contributed by atoms with Crippen molar-refractivity contribution < 1.29 is 28.6 Å². The van der Waals surface area contributed by atoms with Crippen LogP contribution >= 0.6 is 0 Å². The molecule has 27 heavy (non-hydrogen) atoms. The fourth-order valence-corrected chi connectivity index (χ4v) is 2.78. The fourth-order valence-electron chi connectivity index (χ4n) is 2.78. The van der Waals surface area contributed by atoms with E-state index in [-0.39, 0.29) is 19.6 Å². The first-order chi connectivity index (χ1) is 12.7. The predicted octanol–water partition coefficient (Wildman–Crippen LogP) is 2.46. The summed E-state index contributed by atoms with van der Waals surface area (Å²) < 4.78 is 15.3. The molecule has 8 heteroatoms. The van der Waals surface area contributed by atoms with Gasteiger partial charge in [0.1, 0.15) is 18.2 Å². The summed E-state index contributed by atoms with van der Waals surface area (Å²) in [6, 6.07) is 7.97. The third-order valence-electron chi connectivity index (χ3n) is 3.93. The largest absolute Gasteiger partial charge is 0.467 e. The Balaban J connectivity index is 1.98. The maximum atomic E-state index is 12.5. The zero-order chi connectivity index (χ0) is 20.0. The number of rotatable bonds is 4. The number of ether oxygens (including phenoxy) is 3. The van der Waals surface area contributed by atoms with Gasteiger partial charge in [0.15, 0.2) is 0 Å². The molecule has 1 aliphatic rings. The van der Waals surface area contributed by atoms with Crippen LogP contribution in [0.2, 0.25) is 0 Å². The summed E-state index contributed by atoms with van der Waals surface area (Å²) in [7, 11) is 1.25. The van der Waals surface area contributed by atoms with Gasteiger partial charge >= 0.3 is 18.2 Å². The summed E-state index contributed by atoms with van der Waals surface area (Å²) in [6.07, 6.45) is -1.01. The van der Waals surface area contributed by atoms with E-state index < -0.39 is 35.8 Å². The minimum absolute atomic E-state index is 0.0915. The van der Waals surface area contributed by atoms with Crippen LogP contribution in [-0.2, 0) is 25.6 Å². The van der Waals surface area contributed by atoms with Crippen molar-refractivity contribution in [1.82, 2.24) is 10.2 Å². The van der Waals surface area contributed by atoms with Gasteiger partial charge in [0.05, 0.1) is 13.2 Å². The first kappa shape index (κ1) is 20.5. The number of esters is 1. The molecule has 0 aliphatic carbocycles. The van der Waals surface area contributed by atoms with Gasteiger partial charge in [-0.3, -0.25) is 4.90 Å². The van der Waals surface area contributed by atoms with E-state index >= 15 is 0 Å². The molecule has 1 fully saturated rings. The van der Waals surface area contributed by atoms with Gasteiger partial charge in [-0.15, -0.1) is 0 Å². The highest BCUT2D eigenvalue weighted by Gasteiger charge is 2.42. The molecule has 1 heterocycles. The second kappa shape index (κ2) is 8.75. The number of amides is 2. The van der Waals surface area contributed by atoms with Gasteiger partial charge in [0, 0.05) is 13.0 Å². The van der Waals surface area contributed by atoms with E-state index in [0.717, 1.165) is 5.56 Å². The molecule has 8 nitrogen and oxygen atoms in total. The first-order valence-electron chi connectivity index (χ1n) is 8.74. The molecule has 2 atom stereocenters. The van der Waals surface area contributed by atoms with Crippen LogP contribution < -0.4 is 5.32 Å². The summed E-state index contributed by atoms with van der Waals surface area (Å²) in [6.45, 7) is 5.49. The average Bonchev–Trinajstić information content (AvgIpc) is 3.02. The van der Waals surface area contributed by atoms with E-state index in [2.05, 4.69) is 5.32 Å². The molecular weight excluding hydrogens is 352 g/mol. The number of benzene rings is 1. The van der Waals surface area contributed by atoms with E-state index in [1.54, 1.807) is 20.8 Å². The SMILES string of the molecule is COC(=O)C1CC(NC(=O)OC(C)(C)C)CN1C(=O)OCc1ccccc1. The number of likely N-dealkylation sites (tertiary alicyclic amines) is 1. The van der Waals surface area contributed by atoms with Crippen LogP contribution in [0.1, 0.15) is 32.8 Å². The van der Waals surface area contributed by atoms with Crippen LogP contribution in [0.5, 0.6) is 0 Å². The summed E-state index contributed by atoms with van der Waals surface area (Å²) in [5, 5.41) is 2.68.